The molecule has 2 heteroatoms. The van der Waals surface area contributed by atoms with Gasteiger partial charge in [0.2, 0.25) is 0 Å². The van der Waals surface area contributed by atoms with Gasteiger partial charge >= 0.3 is 0 Å². The molecular formula is C13H24Cl2. The standard InChI is InChI=1S/C13H24Cl2/c1-9(2)10(3,4)12(7,14)13(8,15)11(9,5)6/h1-8H3/t12-,13?/m1/s1. The highest BCUT2D eigenvalue weighted by Gasteiger charge is 2.74. The third kappa shape index (κ3) is 1.11. The van der Waals surface area contributed by atoms with Crippen LogP contribution in [0.25, 0.3) is 0 Å². The summed E-state index contributed by atoms with van der Waals surface area (Å²) in [7, 11) is 0. The zero-order valence-electron chi connectivity index (χ0n) is 11.3. The second-order valence-electron chi connectivity index (χ2n) is 6.88. The molecule has 0 bridgehead atoms. The summed E-state index contributed by atoms with van der Waals surface area (Å²) in [6.07, 6.45) is 0. The van der Waals surface area contributed by atoms with Crippen LogP contribution >= 0.6 is 23.2 Å². The highest BCUT2D eigenvalue weighted by atomic mass is 35.5. The van der Waals surface area contributed by atoms with Crippen LogP contribution in [-0.2, 0) is 0 Å². The molecule has 90 valence electrons. The molecular weight excluding hydrogens is 227 g/mol. The lowest BCUT2D eigenvalue weighted by atomic mass is 9.59. The van der Waals surface area contributed by atoms with Crippen LogP contribution in [0.5, 0.6) is 0 Å². The topological polar surface area (TPSA) is 0 Å². The van der Waals surface area contributed by atoms with Gasteiger partial charge in [-0.05, 0) is 30.1 Å². The predicted molar refractivity (Wildman–Crippen MR) is 69.9 cm³/mol. The van der Waals surface area contributed by atoms with Gasteiger partial charge in [-0.15, -0.1) is 23.2 Å². The average Bonchev–Trinajstić information content (AvgIpc) is 2.04. The van der Waals surface area contributed by atoms with Gasteiger partial charge in [0.1, 0.15) is 0 Å². The summed E-state index contributed by atoms with van der Waals surface area (Å²) in [6, 6.07) is 0. The first-order valence-corrected chi connectivity index (χ1v) is 6.38. The minimum absolute atomic E-state index is 0.0123. The number of rotatable bonds is 0. The van der Waals surface area contributed by atoms with Gasteiger partial charge in [0.25, 0.3) is 0 Å². The molecule has 0 amide bonds. The summed E-state index contributed by atoms with van der Waals surface area (Å²) in [6.45, 7) is 17.6. The summed E-state index contributed by atoms with van der Waals surface area (Å²) in [5, 5.41) is 0. The molecule has 1 saturated carbocycles. The third-order valence-corrected chi connectivity index (χ3v) is 8.15. The normalized spacial score (nSPS) is 46.8. The van der Waals surface area contributed by atoms with Crippen LogP contribution in [-0.4, -0.2) is 9.75 Å². The van der Waals surface area contributed by atoms with E-state index in [1.165, 1.54) is 0 Å². The van der Waals surface area contributed by atoms with Gasteiger partial charge in [0.05, 0.1) is 9.75 Å². The van der Waals surface area contributed by atoms with Crippen LogP contribution < -0.4 is 0 Å². The van der Waals surface area contributed by atoms with E-state index in [2.05, 4.69) is 55.4 Å². The maximum Gasteiger partial charge on any atom is 0.0668 e. The summed E-state index contributed by atoms with van der Waals surface area (Å²) in [4.78, 5) is -0.816. The lowest BCUT2D eigenvalue weighted by molar-refractivity contribution is 0.0393. The Kier molecular flexibility index (Phi) is 2.62. The Hall–Kier alpha value is 0.580. The van der Waals surface area contributed by atoms with Crippen molar-refractivity contribution in [2.24, 2.45) is 16.2 Å². The average molecular weight is 251 g/mol. The quantitative estimate of drug-likeness (QED) is 0.527. The van der Waals surface area contributed by atoms with E-state index in [-0.39, 0.29) is 16.2 Å². The molecule has 0 radical (unpaired) electrons. The molecule has 1 aliphatic rings. The molecule has 15 heavy (non-hydrogen) atoms. The lowest BCUT2D eigenvalue weighted by Gasteiger charge is -2.46. The fraction of sp³-hybridized carbons (Fsp3) is 1.00. The molecule has 0 saturated heterocycles. The first-order chi connectivity index (χ1) is 6.25. The Bertz CT molecular complexity index is 193. The molecule has 2 atom stereocenters. The summed E-state index contributed by atoms with van der Waals surface area (Å²) >= 11 is 13.6. The van der Waals surface area contributed by atoms with Gasteiger partial charge in [-0.25, -0.2) is 0 Å². The van der Waals surface area contributed by atoms with Crippen molar-refractivity contribution in [3.63, 3.8) is 0 Å². The van der Waals surface area contributed by atoms with Crippen molar-refractivity contribution in [1.29, 1.82) is 0 Å². The molecule has 0 aromatic heterocycles. The number of halogens is 2. The van der Waals surface area contributed by atoms with E-state index in [1.807, 2.05) is 0 Å². The second kappa shape index (κ2) is 2.88. The zero-order chi connectivity index (χ0) is 12.5. The van der Waals surface area contributed by atoms with Crippen LogP contribution in [0.3, 0.4) is 0 Å². The van der Waals surface area contributed by atoms with E-state index < -0.39 is 9.75 Å². The molecule has 0 heterocycles. The fourth-order valence-corrected chi connectivity index (χ4v) is 4.07. The minimum Gasteiger partial charge on any atom is -0.117 e. The van der Waals surface area contributed by atoms with Crippen molar-refractivity contribution in [2.45, 2.75) is 65.1 Å². The molecule has 1 rings (SSSR count). The third-order valence-electron chi connectivity index (χ3n) is 6.35. The summed E-state index contributed by atoms with van der Waals surface area (Å²) in [5.74, 6) is 0. The largest absolute Gasteiger partial charge is 0.117 e. The van der Waals surface area contributed by atoms with Crippen molar-refractivity contribution >= 4 is 23.2 Å². The first-order valence-electron chi connectivity index (χ1n) is 5.63. The number of alkyl halides is 2. The molecule has 0 aromatic carbocycles. The summed E-state index contributed by atoms with van der Waals surface area (Å²) < 4.78 is 0. The highest BCUT2D eigenvalue weighted by Crippen LogP contribution is 2.74. The molecule has 1 unspecified atom stereocenters. The van der Waals surface area contributed by atoms with E-state index in [9.17, 15) is 0 Å². The van der Waals surface area contributed by atoms with Crippen molar-refractivity contribution in [1.82, 2.24) is 0 Å². The monoisotopic (exact) mass is 250 g/mol. The highest BCUT2D eigenvalue weighted by molar-refractivity contribution is 6.36. The molecule has 0 N–H and O–H groups in total. The van der Waals surface area contributed by atoms with E-state index >= 15 is 0 Å². The number of hydrogen-bond acceptors (Lipinski definition) is 0. The van der Waals surface area contributed by atoms with Gasteiger partial charge in [0.15, 0.2) is 0 Å². The molecule has 0 aromatic rings. The van der Waals surface area contributed by atoms with Crippen molar-refractivity contribution < 1.29 is 0 Å². The van der Waals surface area contributed by atoms with Crippen molar-refractivity contribution in [3.05, 3.63) is 0 Å². The lowest BCUT2D eigenvalue weighted by Crippen LogP contribution is -2.48. The Morgan fingerprint density at radius 1 is 0.467 bits per heavy atom. The smallest absolute Gasteiger partial charge is 0.0668 e. The minimum atomic E-state index is -0.408. The Morgan fingerprint density at radius 3 is 0.733 bits per heavy atom. The van der Waals surface area contributed by atoms with Gasteiger partial charge in [-0.2, -0.15) is 0 Å². The Balaban J connectivity index is 3.55. The van der Waals surface area contributed by atoms with Gasteiger partial charge in [0, 0.05) is 0 Å². The fourth-order valence-electron chi connectivity index (χ4n) is 3.13. The maximum atomic E-state index is 6.79. The van der Waals surface area contributed by atoms with Crippen LogP contribution in [0.15, 0.2) is 0 Å². The molecule has 1 fully saturated rings. The van der Waals surface area contributed by atoms with E-state index in [0.29, 0.717) is 0 Å². The van der Waals surface area contributed by atoms with E-state index in [4.69, 9.17) is 23.2 Å². The van der Waals surface area contributed by atoms with Crippen molar-refractivity contribution in [2.75, 3.05) is 0 Å². The van der Waals surface area contributed by atoms with E-state index in [1.54, 1.807) is 0 Å². The molecule has 0 spiro atoms. The maximum absolute atomic E-state index is 6.79. The molecule has 1 aliphatic carbocycles. The van der Waals surface area contributed by atoms with Gasteiger partial charge in [-0.1, -0.05) is 41.5 Å². The first kappa shape index (κ1) is 13.6. The Morgan fingerprint density at radius 2 is 0.667 bits per heavy atom. The van der Waals surface area contributed by atoms with Crippen molar-refractivity contribution in [3.8, 4) is 0 Å². The van der Waals surface area contributed by atoms with Crippen LogP contribution in [0.2, 0.25) is 0 Å². The van der Waals surface area contributed by atoms with Crippen LogP contribution in [0.4, 0.5) is 0 Å². The number of hydrogen-bond donors (Lipinski definition) is 0. The van der Waals surface area contributed by atoms with Gasteiger partial charge in [-0.3, -0.25) is 0 Å². The van der Waals surface area contributed by atoms with Gasteiger partial charge < -0.3 is 0 Å². The summed E-state index contributed by atoms with van der Waals surface area (Å²) in [5.41, 5.74) is 0.0656. The Labute approximate surface area is 105 Å². The zero-order valence-corrected chi connectivity index (χ0v) is 12.8. The van der Waals surface area contributed by atoms with Crippen LogP contribution in [0.1, 0.15) is 55.4 Å². The van der Waals surface area contributed by atoms with E-state index in [0.717, 1.165) is 0 Å². The van der Waals surface area contributed by atoms with Crippen LogP contribution in [0, 0.1) is 16.2 Å². The predicted octanol–water partition coefficient (Wildman–Crippen LogP) is 5.07. The second-order valence-corrected chi connectivity index (χ2v) is 8.39. The SMILES string of the molecule is CC1(C)C(C)(C)C(C)(Cl)[C@](C)(Cl)C1(C)C. The molecule has 0 aliphatic heterocycles. The molecule has 0 nitrogen and oxygen atoms in total.